The lowest BCUT2D eigenvalue weighted by Crippen LogP contribution is -2.22. The lowest BCUT2D eigenvalue weighted by atomic mass is 10.2. The van der Waals surface area contributed by atoms with Crippen molar-refractivity contribution in [3.8, 4) is 5.75 Å². The molecule has 0 unspecified atom stereocenters. The maximum absolute atomic E-state index is 5.67. The lowest BCUT2D eigenvalue weighted by Gasteiger charge is -2.19. The highest BCUT2D eigenvalue weighted by Crippen LogP contribution is 2.19. The molecule has 0 amide bonds. The second-order valence-electron chi connectivity index (χ2n) is 5.95. The van der Waals surface area contributed by atoms with E-state index in [1.165, 1.54) is 12.8 Å². The van der Waals surface area contributed by atoms with Gasteiger partial charge in [-0.15, -0.1) is 0 Å². The van der Waals surface area contributed by atoms with Gasteiger partial charge in [0.2, 0.25) is 0 Å². The Morgan fingerprint density at radius 3 is 2.79 bits per heavy atom. The Balaban J connectivity index is 1.71. The van der Waals surface area contributed by atoms with E-state index in [0.29, 0.717) is 19.3 Å². The van der Waals surface area contributed by atoms with Gasteiger partial charge in [-0.3, -0.25) is 4.98 Å². The Bertz CT molecular complexity index is 397. The van der Waals surface area contributed by atoms with Crippen molar-refractivity contribution in [2.75, 3.05) is 13.2 Å². The minimum absolute atomic E-state index is 0.110. The summed E-state index contributed by atoms with van der Waals surface area (Å²) in [6, 6.07) is 4.58. The first-order chi connectivity index (χ1) is 9.03. The van der Waals surface area contributed by atoms with Gasteiger partial charge in [-0.1, -0.05) is 0 Å². The molecule has 1 fully saturated rings. The fourth-order valence-corrected chi connectivity index (χ4v) is 1.69. The van der Waals surface area contributed by atoms with Gasteiger partial charge in [-0.2, -0.15) is 0 Å². The average Bonchev–Trinajstić information content (AvgIpc) is 3.16. The predicted molar refractivity (Wildman–Crippen MR) is 75.3 cm³/mol. The second kappa shape index (κ2) is 6.35. The van der Waals surface area contributed by atoms with Gasteiger partial charge in [0.25, 0.3) is 0 Å². The van der Waals surface area contributed by atoms with Crippen LogP contribution in [0.3, 0.4) is 0 Å². The van der Waals surface area contributed by atoms with Crippen LogP contribution in [-0.4, -0.2) is 29.8 Å². The van der Waals surface area contributed by atoms with Gasteiger partial charge in [0.1, 0.15) is 12.4 Å². The molecule has 1 aliphatic rings. The molecule has 2 rings (SSSR count). The molecule has 0 saturated heterocycles. The molecule has 0 radical (unpaired) electrons. The van der Waals surface area contributed by atoms with E-state index in [1.807, 2.05) is 32.9 Å². The van der Waals surface area contributed by atoms with Gasteiger partial charge in [-0.05, 0) is 39.7 Å². The molecular formula is C15H24N2O2. The summed E-state index contributed by atoms with van der Waals surface area (Å²) >= 11 is 0. The van der Waals surface area contributed by atoms with Crippen LogP contribution in [0.1, 0.15) is 39.3 Å². The number of ether oxygens (including phenoxy) is 2. The number of aromatic nitrogens is 1. The third kappa shape index (κ3) is 6.03. The van der Waals surface area contributed by atoms with Crippen molar-refractivity contribution in [1.82, 2.24) is 10.3 Å². The molecule has 1 saturated carbocycles. The van der Waals surface area contributed by atoms with E-state index in [0.717, 1.165) is 18.0 Å². The van der Waals surface area contributed by atoms with Crippen molar-refractivity contribution >= 4 is 0 Å². The molecule has 106 valence electrons. The van der Waals surface area contributed by atoms with Crippen LogP contribution in [0.25, 0.3) is 0 Å². The number of pyridine rings is 1. The molecule has 0 bridgehead atoms. The summed E-state index contributed by atoms with van der Waals surface area (Å²) in [6.07, 6.45) is 4.38. The normalized spacial score (nSPS) is 15.5. The Morgan fingerprint density at radius 1 is 1.32 bits per heavy atom. The average molecular weight is 264 g/mol. The largest absolute Gasteiger partial charge is 0.491 e. The van der Waals surface area contributed by atoms with E-state index in [4.69, 9.17) is 9.47 Å². The summed E-state index contributed by atoms with van der Waals surface area (Å²) in [4.78, 5) is 4.33. The van der Waals surface area contributed by atoms with E-state index in [-0.39, 0.29) is 5.60 Å². The highest BCUT2D eigenvalue weighted by Gasteiger charge is 2.20. The van der Waals surface area contributed by atoms with Crippen molar-refractivity contribution in [1.29, 1.82) is 0 Å². The van der Waals surface area contributed by atoms with Crippen LogP contribution in [0, 0.1) is 0 Å². The SMILES string of the molecule is CC(C)(C)OCCOc1ccnc(CNC2CC2)c1. The van der Waals surface area contributed by atoms with E-state index < -0.39 is 0 Å². The fourth-order valence-electron chi connectivity index (χ4n) is 1.69. The van der Waals surface area contributed by atoms with Crippen LogP contribution in [0.2, 0.25) is 0 Å². The molecule has 1 aromatic heterocycles. The molecule has 1 aliphatic carbocycles. The Kier molecular flexibility index (Phi) is 4.77. The molecule has 1 heterocycles. The molecule has 19 heavy (non-hydrogen) atoms. The first-order valence-electron chi connectivity index (χ1n) is 6.98. The van der Waals surface area contributed by atoms with Gasteiger partial charge >= 0.3 is 0 Å². The minimum Gasteiger partial charge on any atom is -0.491 e. The molecule has 0 atom stereocenters. The quantitative estimate of drug-likeness (QED) is 0.769. The molecule has 0 aromatic carbocycles. The first-order valence-corrected chi connectivity index (χ1v) is 6.98. The van der Waals surface area contributed by atoms with Crippen LogP contribution < -0.4 is 10.1 Å². The van der Waals surface area contributed by atoms with Crippen LogP contribution in [0.5, 0.6) is 5.75 Å². The Labute approximate surface area is 115 Å². The summed E-state index contributed by atoms with van der Waals surface area (Å²) < 4.78 is 11.3. The molecule has 0 aliphatic heterocycles. The van der Waals surface area contributed by atoms with Crippen molar-refractivity contribution in [3.05, 3.63) is 24.0 Å². The fraction of sp³-hybridized carbons (Fsp3) is 0.667. The standard InChI is InChI=1S/C15H24N2O2/c1-15(2,3)19-9-8-18-14-6-7-16-13(10-14)11-17-12-4-5-12/h6-7,10,12,17H,4-5,8-9,11H2,1-3H3. The van der Waals surface area contributed by atoms with Crippen molar-refractivity contribution in [3.63, 3.8) is 0 Å². The number of hydrogen-bond donors (Lipinski definition) is 1. The highest BCUT2D eigenvalue weighted by molar-refractivity contribution is 5.22. The number of rotatable bonds is 7. The summed E-state index contributed by atoms with van der Waals surface area (Å²) in [6.45, 7) is 8.11. The third-order valence-electron chi connectivity index (χ3n) is 2.82. The molecule has 4 heteroatoms. The molecule has 1 aromatic rings. The lowest BCUT2D eigenvalue weighted by molar-refractivity contribution is -0.0163. The van der Waals surface area contributed by atoms with Crippen LogP contribution in [-0.2, 0) is 11.3 Å². The first kappa shape index (κ1) is 14.3. The number of hydrogen-bond acceptors (Lipinski definition) is 4. The van der Waals surface area contributed by atoms with Gasteiger partial charge < -0.3 is 14.8 Å². The van der Waals surface area contributed by atoms with Crippen molar-refractivity contribution < 1.29 is 9.47 Å². The molecule has 0 spiro atoms. The number of nitrogens with zero attached hydrogens (tertiary/aromatic N) is 1. The van der Waals surface area contributed by atoms with Gasteiger partial charge in [-0.25, -0.2) is 0 Å². The second-order valence-corrected chi connectivity index (χ2v) is 5.95. The molecule has 1 N–H and O–H groups in total. The van der Waals surface area contributed by atoms with Crippen LogP contribution >= 0.6 is 0 Å². The maximum Gasteiger partial charge on any atom is 0.122 e. The van der Waals surface area contributed by atoms with Crippen LogP contribution in [0.4, 0.5) is 0 Å². The molecule has 4 nitrogen and oxygen atoms in total. The van der Waals surface area contributed by atoms with Crippen molar-refractivity contribution in [2.24, 2.45) is 0 Å². The summed E-state index contributed by atoms with van der Waals surface area (Å²) in [5.74, 6) is 0.861. The Morgan fingerprint density at radius 2 is 2.11 bits per heavy atom. The minimum atomic E-state index is -0.110. The van der Waals surface area contributed by atoms with Gasteiger partial charge in [0, 0.05) is 24.8 Å². The molecular weight excluding hydrogens is 240 g/mol. The van der Waals surface area contributed by atoms with E-state index in [2.05, 4.69) is 10.3 Å². The summed E-state index contributed by atoms with van der Waals surface area (Å²) in [7, 11) is 0. The zero-order valence-electron chi connectivity index (χ0n) is 12.1. The predicted octanol–water partition coefficient (Wildman–Crippen LogP) is 2.53. The maximum atomic E-state index is 5.67. The monoisotopic (exact) mass is 264 g/mol. The summed E-state index contributed by atoms with van der Waals surface area (Å²) in [5, 5.41) is 3.44. The topological polar surface area (TPSA) is 43.4 Å². The third-order valence-corrected chi connectivity index (χ3v) is 2.82. The zero-order chi connectivity index (χ0) is 13.7. The number of nitrogens with one attached hydrogen (secondary N) is 1. The van der Waals surface area contributed by atoms with E-state index in [1.54, 1.807) is 6.20 Å². The smallest absolute Gasteiger partial charge is 0.122 e. The highest BCUT2D eigenvalue weighted by atomic mass is 16.5. The van der Waals surface area contributed by atoms with E-state index in [9.17, 15) is 0 Å². The Hall–Kier alpha value is -1.13. The summed E-state index contributed by atoms with van der Waals surface area (Å²) in [5.41, 5.74) is 0.919. The van der Waals surface area contributed by atoms with Gasteiger partial charge in [0.05, 0.1) is 17.9 Å². The zero-order valence-corrected chi connectivity index (χ0v) is 12.1. The van der Waals surface area contributed by atoms with Crippen LogP contribution in [0.15, 0.2) is 18.3 Å². The van der Waals surface area contributed by atoms with E-state index >= 15 is 0 Å². The van der Waals surface area contributed by atoms with Crippen molar-refractivity contribution in [2.45, 2.75) is 51.8 Å². The van der Waals surface area contributed by atoms with Gasteiger partial charge in [0.15, 0.2) is 0 Å².